The first kappa shape index (κ1) is 27.6. The summed E-state index contributed by atoms with van der Waals surface area (Å²) in [4.78, 5) is 35.5. The Bertz CT molecular complexity index is 1280. The van der Waals surface area contributed by atoms with Gasteiger partial charge in [-0.05, 0) is 18.1 Å². The summed E-state index contributed by atoms with van der Waals surface area (Å²) in [6, 6.07) is 8.93. The highest BCUT2D eigenvalue weighted by Crippen LogP contribution is 2.44. The predicted molar refractivity (Wildman–Crippen MR) is 138 cm³/mol. The number of aliphatic hydroxyl groups is 1. The van der Waals surface area contributed by atoms with Crippen molar-refractivity contribution in [2.24, 2.45) is 0 Å². The number of hydrogen-bond acceptors (Lipinski definition) is 9. The van der Waals surface area contributed by atoms with Gasteiger partial charge in [0.2, 0.25) is 0 Å². The average Bonchev–Trinajstić information content (AvgIpc) is 3.40. The Balaban J connectivity index is 1.72. The van der Waals surface area contributed by atoms with E-state index in [9.17, 15) is 19.4 Å². The van der Waals surface area contributed by atoms with E-state index >= 15 is 0 Å². The van der Waals surface area contributed by atoms with E-state index in [0.717, 1.165) is 0 Å². The van der Waals surface area contributed by atoms with Gasteiger partial charge in [-0.3, -0.25) is 9.36 Å². The maximum atomic E-state index is 12.8. The summed E-state index contributed by atoms with van der Waals surface area (Å²) in [5.74, 6) is -0.105. The van der Waals surface area contributed by atoms with Crippen LogP contribution in [0.1, 0.15) is 43.1 Å². The number of aliphatic hydroxyl groups excluding tert-OH is 1. The number of rotatable bonds is 9. The lowest BCUT2D eigenvalue weighted by Crippen LogP contribution is -2.49. The van der Waals surface area contributed by atoms with Crippen LogP contribution in [0.5, 0.6) is 0 Å². The molecule has 198 valence electrons. The standard InChI is InChI=1S/C24H31N4O7PSi/c1-24(2,3)37(4,5)35-21-20(34-36(31)32)18(12-29)33-23(21)28-14-27-19-16(25-13-26-22(19)28)11-17(30)15-9-7-6-8-10-15/h6-10,13-14,18,20-21,23,29H,11-12H2,1-5H3/p+1/t18-,20-,21-,23-/m1/s1. The molecule has 3 heterocycles. The van der Waals surface area contributed by atoms with Crippen LogP contribution in [0.15, 0.2) is 43.0 Å². The Kier molecular flexibility index (Phi) is 8.01. The molecule has 37 heavy (non-hydrogen) atoms. The molecule has 1 aliphatic heterocycles. The molecule has 0 aliphatic carbocycles. The summed E-state index contributed by atoms with van der Waals surface area (Å²) in [6.07, 6.45) is -0.700. The van der Waals surface area contributed by atoms with E-state index < -0.39 is 47.7 Å². The molecule has 4 rings (SSSR count). The van der Waals surface area contributed by atoms with Gasteiger partial charge in [-0.1, -0.05) is 51.1 Å². The number of aromatic nitrogens is 4. The molecule has 0 spiro atoms. The van der Waals surface area contributed by atoms with E-state index in [0.29, 0.717) is 22.4 Å². The minimum absolute atomic E-state index is 0.0332. The topological polar surface area (TPSA) is 146 Å². The quantitative estimate of drug-likeness (QED) is 0.232. The van der Waals surface area contributed by atoms with Gasteiger partial charge in [-0.15, -0.1) is 9.42 Å². The molecule has 1 unspecified atom stereocenters. The maximum Gasteiger partial charge on any atom is 0.695 e. The van der Waals surface area contributed by atoms with Crippen LogP contribution in [-0.4, -0.2) is 68.5 Å². The van der Waals surface area contributed by atoms with Crippen molar-refractivity contribution in [2.75, 3.05) is 6.61 Å². The molecule has 11 nitrogen and oxygen atoms in total. The molecule has 5 atom stereocenters. The first-order valence-corrected chi connectivity index (χ1v) is 16.0. The van der Waals surface area contributed by atoms with Crippen molar-refractivity contribution in [1.82, 2.24) is 19.5 Å². The van der Waals surface area contributed by atoms with Gasteiger partial charge in [0.25, 0.3) is 0 Å². The minimum Gasteiger partial charge on any atom is -0.406 e. The Labute approximate surface area is 216 Å². The normalized spacial score (nSPS) is 22.9. The predicted octanol–water partition coefficient (Wildman–Crippen LogP) is 3.57. The van der Waals surface area contributed by atoms with Crippen LogP contribution >= 0.6 is 8.25 Å². The highest BCUT2D eigenvalue weighted by molar-refractivity contribution is 7.32. The summed E-state index contributed by atoms with van der Waals surface area (Å²) < 4.78 is 31.4. The first-order chi connectivity index (χ1) is 17.4. The Morgan fingerprint density at radius 2 is 1.86 bits per heavy atom. The zero-order valence-electron chi connectivity index (χ0n) is 21.4. The summed E-state index contributed by atoms with van der Waals surface area (Å²) in [5, 5.41) is 9.82. The van der Waals surface area contributed by atoms with Crippen LogP contribution in [0.4, 0.5) is 0 Å². The summed E-state index contributed by atoms with van der Waals surface area (Å²) >= 11 is 0. The Morgan fingerprint density at radius 1 is 1.16 bits per heavy atom. The molecule has 1 saturated heterocycles. The summed E-state index contributed by atoms with van der Waals surface area (Å²) in [7, 11) is -5.41. The number of ketones is 1. The third-order valence-corrected chi connectivity index (χ3v) is 11.9. The smallest absolute Gasteiger partial charge is 0.406 e. The summed E-state index contributed by atoms with van der Waals surface area (Å²) in [5.41, 5.74) is 1.87. The molecule has 1 fully saturated rings. The lowest BCUT2D eigenvalue weighted by molar-refractivity contribution is -0.0487. The first-order valence-electron chi connectivity index (χ1n) is 11.9. The number of benzene rings is 1. The van der Waals surface area contributed by atoms with E-state index in [1.165, 1.54) is 12.7 Å². The average molecular weight is 548 g/mol. The van der Waals surface area contributed by atoms with Crippen molar-refractivity contribution in [3.05, 3.63) is 54.2 Å². The third kappa shape index (κ3) is 5.70. The molecule has 0 amide bonds. The second-order valence-electron chi connectivity index (χ2n) is 10.5. The van der Waals surface area contributed by atoms with Gasteiger partial charge in [-0.2, -0.15) is 0 Å². The molecule has 2 N–H and O–H groups in total. The fraction of sp³-hybridized carbons (Fsp3) is 0.500. The zero-order valence-corrected chi connectivity index (χ0v) is 23.3. The van der Waals surface area contributed by atoms with E-state index in [4.69, 9.17) is 13.7 Å². The third-order valence-electron chi connectivity index (χ3n) is 7.05. The molecule has 0 radical (unpaired) electrons. The zero-order chi connectivity index (χ0) is 27.0. The Hall–Kier alpha value is -2.44. The maximum absolute atomic E-state index is 12.8. The highest BCUT2D eigenvalue weighted by Gasteiger charge is 2.54. The lowest BCUT2D eigenvalue weighted by Gasteiger charge is -2.40. The van der Waals surface area contributed by atoms with Crippen LogP contribution in [0.3, 0.4) is 0 Å². The van der Waals surface area contributed by atoms with Gasteiger partial charge in [0.1, 0.15) is 24.1 Å². The fourth-order valence-electron chi connectivity index (χ4n) is 4.05. The van der Waals surface area contributed by atoms with Gasteiger partial charge in [0, 0.05) is 10.1 Å². The molecule has 1 aliphatic rings. The highest BCUT2D eigenvalue weighted by atomic mass is 31.1. The lowest BCUT2D eigenvalue weighted by atomic mass is 10.1. The summed E-state index contributed by atoms with van der Waals surface area (Å²) in [6.45, 7) is 9.88. The monoisotopic (exact) mass is 547 g/mol. The number of imidazole rings is 1. The number of fused-ring (bicyclic) bond motifs is 1. The van der Waals surface area contributed by atoms with E-state index in [1.807, 2.05) is 19.2 Å². The van der Waals surface area contributed by atoms with E-state index in [1.54, 1.807) is 28.8 Å². The van der Waals surface area contributed by atoms with E-state index in [-0.39, 0.29) is 17.2 Å². The molecule has 0 bridgehead atoms. The molecule has 0 saturated carbocycles. The molecule has 3 aromatic rings. The second-order valence-corrected chi connectivity index (χ2v) is 16.0. The number of nitrogens with zero attached hydrogens (tertiary/aromatic N) is 4. The van der Waals surface area contributed by atoms with Crippen LogP contribution in [0.2, 0.25) is 18.1 Å². The van der Waals surface area contributed by atoms with Gasteiger partial charge >= 0.3 is 8.25 Å². The van der Waals surface area contributed by atoms with Crippen molar-refractivity contribution < 1.29 is 33.0 Å². The van der Waals surface area contributed by atoms with Crippen molar-refractivity contribution in [3.8, 4) is 0 Å². The number of hydrogen-bond donors (Lipinski definition) is 2. The van der Waals surface area contributed by atoms with Gasteiger partial charge in [0.05, 0.1) is 25.0 Å². The van der Waals surface area contributed by atoms with Crippen molar-refractivity contribution in [3.63, 3.8) is 0 Å². The van der Waals surface area contributed by atoms with Gasteiger partial charge in [-0.25, -0.2) is 15.0 Å². The molecule has 13 heteroatoms. The molecular formula is C24H32N4O7PSi+. The van der Waals surface area contributed by atoms with Crippen LogP contribution in [0, 0.1) is 0 Å². The largest absolute Gasteiger partial charge is 0.695 e. The van der Waals surface area contributed by atoms with Crippen molar-refractivity contribution >= 4 is 33.5 Å². The van der Waals surface area contributed by atoms with Gasteiger partial charge in [0.15, 0.2) is 32.1 Å². The SMILES string of the molecule is CC(C)(C)[Si](C)(C)O[C@@H]1[C@H](O[P+](=O)O)[C@@H](CO)O[C@H]1n1cnc2c(CC(=O)c3ccccc3)ncnc21. The fourth-order valence-corrected chi connectivity index (χ4v) is 5.80. The van der Waals surface area contributed by atoms with Crippen molar-refractivity contribution in [1.29, 1.82) is 0 Å². The number of carbonyl (C=O) groups is 1. The number of carbonyl (C=O) groups excluding carboxylic acids is 1. The van der Waals surface area contributed by atoms with Crippen molar-refractivity contribution in [2.45, 2.75) is 69.9 Å². The van der Waals surface area contributed by atoms with Gasteiger partial charge < -0.3 is 14.3 Å². The number of ether oxygens (including phenoxy) is 1. The second kappa shape index (κ2) is 10.7. The molecular weight excluding hydrogens is 515 g/mol. The molecule has 2 aromatic heterocycles. The van der Waals surface area contributed by atoms with Crippen LogP contribution in [-0.2, 0) is 24.7 Å². The molecule has 1 aromatic carbocycles. The van der Waals surface area contributed by atoms with E-state index in [2.05, 4.69) is 35.7 Å². The van der Waals surface area contributed by atoms with Crippen LogP contribution < -0.4 is 0 Å². The number of Topliss-reactive ketones (excluding diaryl/α,β-unsaturated/α-hetero) is 1. The van der Waals surface area contributed by atoms with Crippen LogP contribution in [0.25, 0.3) is 11.2 Å². The minimum atomic E-state index is -2.98. The Morgan fingerprint density at radius 3 is 2.49 bits per heavy atom.